The van der Waals surface area contributed by atoms with Gasteiger partial charge in [-0.1, -0.05) is 203 Å². The molecular weight excluding hydrogens is 1220 g/mol. The predicted octanol–water partition coefficient (Wildman–Crippen LogP) is 22.5. The number of thioether (sulfide) groups is 1. The Kier molecular flexibility index (Phi) is 32.9. The normalized spacial score (nSPS) is 22.3. The number of aliphatic hydroxyl groups excluding tert-OH is 1. The first kappa shape index (κ1) is 81.0. The molecule has 7 unspecified atom stereocenters. The summed E-state index contributed by atoms with van der Waals surface area (Å²) < 4.78 is 17.6. The summed E-state index contributed by atoms with van der Waals surface area (Å²) in [6, 6.07) is 21.0. The van der Waals surface area contributed by atoms with Gasteiger partial charge in [-0.05, 0) is 217 Å². The molecule has 0 aromatic heterocycles. The number of Topliss-reactive ketones (excluding diaryl/α,β-unsaturated/α-hetero) is 1. The topological polar surface area (TPSA) is 125 Å². The Morgan fingerprint density at radius 1 is 0.863 bits per heavy atom. The van der Waals surface area contributed by atoms with Crippen molar-refractivity contribution in [2.45, 2.75) is 282 Å². The number of nitrogens with one attached hydrogen (secondary N) is 1. The smallest absolute Gasteiger partial charge is 0.222 e. The van der Waals surface area contributed by atoms with E-state index in [0.717, 1.165) is 72.0 Å². The fourth-order valence-corrected chi connectivity index (χ4v) is 16.6. The molecule has 6 saturated carbocycles. The average molecular weight is 1350 g/mol. The van der Waals surface area contributed by atoms with E-state index in [9.17, 15) is 23.9 Å². The lowest BCUT2D eigenvalue weighted by atomic mass is 9.13. The van der Waals surface area contributed by atoms with Gasteiger partial charge >= 0.3 is 0 Å². The van der Waals surface area contributed by atoms with Gasteiger partial charge in [0.25, 0.3) is 0 Å². The van der Waals surface area contributed by atoms with E-state index in [0.29, 0.717) is 72.5 Å². The van der Waals surface area contributed by atoms with E-state index in [-0.39, 0.29) is 41.3 Å². The molecule has 0 saturated heterocycles. The van der Waals surface area contributed by atoms with Crippen LogP contribution in [0.25, 0.3) is 4.91 Å². The number of halogens is 2. The number of anilines is 2. The number of hydrogen-bond acceptors (Lipinski definition) is 8. The van der Waals surface area contributed by atoms with Gasteiger partial charge in [-0.2, -0.15) is 0 Å². The van der Waals surface area contributed by atoms with Gasteiger partial charge in [-0.15, -0.1) is 0 Å². The van der Waals surface area contributed by atoms with Crippen LogP contribution in [0.5, 0.6) is 0 Å². The Morgan fingerprint density at radius 3 is 1.98 bits per heavy atom. The van der Waals surface area contributed by atoms with Crippen molar-refractivity contribution in [2.75, 3.05) is 25.6 Å². The number of amides is 2. The van der Waals surface area contributed by atoms with Gasteiger partial charge in [-0.3, -0.25) is 14.4 Å². The Hall–Kier alpha value is -4.68. The van der Waals surface area contributed by atoms with Crippen molar-refractivity contribution in [1.29, 1.82) is 0 Å². The summed E-state index contributed by atoms with van der Waals surface area (Å²) >= 11 is 8.47. The van der Waals surface area contributed by atoms with E-state index < -0.39 is 11.8 Å². The first-order chi connectivity index (χ1) is 45.2. The van der Waals surface area contributed by atoms with Gasteiger partial charge in [0.15, 0.2) is 5.78 Å². The summed E-state index contributed by atoms with van der Waals surface area (Å²) in [4.78, 5) is 44.1. The van der Waals surface area contributed by atoms with Crippen LogP contribution in [0.1, 0.15) is 283 Å². The number of alkyl halides is 1. The molecule has 6 aliphatic carbocycles. The van der Waals surface area contributed by atoms with Crippen LogP contribution in [0.2, 0.25) is 5.02 Å². The van der Waals surface area contributed by atoms with E-state index in [1.807, 2.05) is 32.0 Å². The lowest BCUT2D eigenvalue weighted by Gasteiger charge is -2.91. The maximum Gasteiger partial charge on any atom is 0.222 e. The van der Waals surface area contributed by atoms with E-state index >= 15 is 0 Å². The molecule has 9 nitrogen and oxygen atoms in total. The second-order valence-electron chi connectivity index (χ2n) is 29.6. The van der Waals surface area contributed by atoms with Crippen LogP contribution in [0.15, 0.2) is 101 Å². The zero-order chi connectivity index (χ0) is 70.4. The Balaban J connectivity index is 0.000000266. The lowest BCUT2D eigenvalue weighted by molar-refractivity contribution is -0.430. The molecular formula is C83H128ClFN4O5S. The molecule has 95 heavy (non-hydrogen) atoms. The van der Waals surface area contributed by atoms with Gasteiger partial charge < -0.3 is 30.7 Å². The Bertz CT molecular complexity index is 3000. The summed E-state index contributed by atoms with van der Waals surface area (Å²) in [6.07, 6.45) is 26.5. The molecule has 2 amide bonds. The number of aliphatic hydroxyl groups is 1. The monoisotopic (exact) mass is 1350 g/mol. The lowest BCUT2D eigenvalue weighted by Crippen LogP contribution is -2.85. The number of allylic oxidation sites excluding steroid dienone is 5. The maximum absolute atomic E-state index is 13.5. The van der Waals surface area contributed by atoms with Crippen LogP contribution in [0.3, 0.4) is 0 Å². The van der Waals surface area contributed by atoms with E-state index in [4.69, 9.17) is 22.1 Å². The third-order valence-electron chi connectivity index (χ3n) is 22.4. The number of ketones is 1. The number of rotatable bonds is 31. The number of aryl methyl sites for hydroxylation is 1. The fourth-order valence-electron chi connectivity index (χ4n) is 15.3. The maximum atomic E-state index is 13.5. The first-order valence-corrected chi connectivity index (χ1v) is 38.3. The number of methoxy groups -OCH3 is 1. The second kappa shape index (κ2) is 38.6. The summed E-state index contributed by atoms with van der Waals surface area (Å²) in [5.41, 5.74) is 16.4. The van der Waals surface area contributed by atoms with Gasteiger partial charge in [0.2, 0.25) is 11.8 Å². The highest BCUT2D eigenvalue weighted by Crippen LogP contribution is 2.93. The second-order valence-corrected chi connectivity index (χ2v) is 30.9. The molecule has 3 aromatic carbocycles. The quantitative estimate of drug-likeness (QED) is 0.0430. The van der Waals surface area contributed by atoms with Crippen LogP contribution in [0, 0.1) is 53.3 Å². The minimum Gasteiger partial charge on any atom is -0.400 e. The number of unbranched alkanes of at least 4 members (excludes halogenated alkanes) is 2. The third-order valence-corrected chi connectivity index (χ3v) is 24.1. The number of carbonyl (C=O) groups excluding carboxylic acids is 3. The standard InChI is InChI=1S/C33H48ClNO.C33H46N2O3S.C6H10FN.C6H12.C5H12O/c1-9-13-14-17-27(16-10-2)28-20-21-30(25(7)22-28)35(26(8)23(5)11-3)31-19-15-18-29(34)32(31)33(36)24(6)12-4;1-6-22(4)20-39-31(21(2)3)24-9-7-23(8-10-24)18-34-29(37)12-11-28(36)19-35(5)30(38)17-32-15-26-13-25-14-27(16-32)33(25,26)32;1-2-5(8)6(7)3-4-6;1-6-4-2-3-5-6;1-4-5(2)6-3/h15,18-24,27H,8-14,16-17H2,1-7H3;7-10,20,25-28,36H,6,11-19H2,1-5H3,(H,34,37);2H,3-4,8H2,1H3;6H,2-5H2,1H3;5H,4H2,1-3H3/b;;5-2-;;. The molecule has 7 atom stereocenters. The van der Waals surface area contributed by atoms with Gasteiger partial charge in [-0.25, -0.2) is 4.39 Å². The number of nitrogens with two attached hydrogens (primary N) is 1. The zero-order valence-corrected chi connectivity index (χ0v) is 63.8. The Morgan fingerprint density at radius 2 is 1.51 bits per heavy atom. The van der Waals surface area contributed by atoms with E-state index in [1.165, 1.54) is 123 Å². The minimum absolute atomic E-state index is 0.0761. The van der Waals surface area contributed by atoms with Crippen molar-refractivity contribution in [3.63, 3.8) is 0 Å². The molecule has 0 bridgehead atoms. The minimum atomic E-state index is -1.10. The number of ether oxygens (including phenoxy) is 1. The number of hydrogen-bond donors (Lipinski definition) is 3. The molecule has 0 heterocycles. The molecule has 0 aliphatic heterocycles. The van der Waals surface area contributed by atoms with Crippen molar-refractivity contribution in [2.24, 2.45) is 52.1 Å². The highest BCUT2D eigenvalue weighted by atomic mass is 35.5. The summed E-state index contributed by atoms with van der Waals surface area (Å²) in [5, 5.41) is 16.2. The summed E-state index contributed by atoms with van der Waals surface area (Å²) in [7, 11) is 3.53. The molecule has 6 aliphatic rings. The molecule has 1 spiro atoms. The Labute approximate surface area is 586 Å². The average Bonchev–Trinajstić information content (AvgIpc) is 1.38. The highest BCUT2D eigenvalue weighted by Gasteiger charge is 2.87. The number of benzene rings is 3. The summed E-state index contributed by atoms with van der Waals surface area (Å²) in [5.74, 6) is 4.70. The van der Waals surface area contributed by atoms with E-state index in [2.05, 4.69) is 148 Å². The van der Waals surface area contributed by atoms with Gasteiger partial charge in [0.1, 0.15) is 5.67 Å². The zero-order valence-electron chi connectivity index (χ0n) is 62.2. The molecule has 12 heteroatoms. The van der Waals surface area contributed by atoms with Gasteiger partial charge in [0, 0.05) is 68.0 Å². The fraction of sp³-hybridized carbons (Fsp3) is 0.651. The predicted molar refractivity (Wildman–Crippen MR) is 404 cm³/mol. The van der Waals surface area contributed by atoms with Gasteiger partial charge in [0.05, 0.1) is 28.5 Å². The molecule has 6 fully saturated rings. The summed E-state index contributed by atoms with van der Waals surface area (Å²) in [6.45, 7) is 37.3. The van der Waals surface area contributed by atoms with Crippen molar-refractivity contribution >= 4 is 57.2 Å². The van der Waals surface area contributed by atoms with Crippen LogP contribution < -0.4 is 16.0 Å². The number of likely N-dealkylation sites (N-methyl/N-ethyl adjacent to an activating group) is 1. The van der Waals surface area contributed by atoms with Crippen molar-refractivity contribution in [3.8, 4) is 0 Å². The SMILES string of the molecule is C/C=C(\N)C1(F)CC1.C=C(C(C)CC)N(c1ccc(C(CCC)CCCCC)cc1C)c1cccc(Cl)c1C(=O)C(C)CC.CC1CCCC1.CCC(C)=CSC(=C(C)C)c1ccc(CNC(=O)CCC(O)CN(C)C(=O)CC23CC4CC5CC(C2)C543)cc1.CCC(C)OC. The van der Waals surface area contributed by atoms with Crippen molar-refractivity contribution in [3.05, 3.63) is 134 Å². The van der Waals surface area contributed by atoms with Crippen LogP contribution in [0.4, 0.5) is 15.8 Å². The number of nitrogens with zero attached hydrogens (tertiary/aromatic N) is 2. The number of carbonyl (C=O) groups is 3. The molecule has 3 aromatic rings. The molecule has 0 radical (unpaired) electrons. The molecule has 9 rings (SSSR count). The highest BCUT2D eigenvalue weighted by molar-refractivity contribution is 8.11. The van der Waals surface area contributed by atoms with Crippen LogP contribution in [-0.2, 0) is 20.9 Å². The van der Waals surface area contributed by atoms with E-state index in [1.54, 1.807) is 43.8 Å². The van der Waals surface area contributed by atoms with Crippen molar-refractivity contribution in [1.82, 2.24) is 10.2 Å². The van der Waals surface area contributed by atoms with Crippen molar-refractivity contribution < 1.29 is 28.6 Å². The molecule has 4 N–H and O–H groups in total. The van der Waals surface area contributed by atoms with Crippen LogP contribution >= 0.6 is 23.4 Å². The largest absolute Gasteiger partial charge is 0.400 e. The third kappa shape index (κ3) is 21.2. The van der Waals surface area contributed by atoms with Crippen LogP contribution in [-0.4, -0.2) is 66.2 Å². The molecule has 530 valence electrons. The first-order valence-electron chi connectivity index (χ1n) is 37.0.